The SMILES string of the molecule is Cc1c(CNS(=O)(=O)c2ccccc2N)cnn1C. The van der Waals surface area contributed by atoms with Crippen molar-refractivity contribution in [3.05, 3.63) is 41.7 Å². The van der Waals surface area contributed by atoms with Crippen LogP contribution in [-0.2, 0) is 23.6 Å². The van der Waals surface area contributed by atoms with Crippen molar-refractivity contribution >= 4 is 15.7 Å². The third-order valence-electron chi connectivity index (χ3n) is 3.00. The molecule has 0 fully saturated rings. The number of hydrogen-bond donors (Lipinski definition) is 2. The Morgan fingerprint density at radius 2 is 2.05 bits per heavy atom. The molecule has 2 aromatic rings. The molecular weight excluding hydrogens is 264 g/mol. The summed E-state index contributed by atoms with van der Waals surface area (Å²) in [6, 6.07) is 6.37. The molecule has 0 spiro atoms. The number of aromatic nitrogens is 2. The zero-order chi connectivity index (χ0) is 14.0. The first-order valence-electron chi connectivity index (χ1n) is 5.73. The Labute approximate surface area is 112 Å². The van der Waals surface area contributed by atoms with E-state index in [0.29, 0.717) is 0 Å². The van der Waals surface area contributed by atoms with Gasteiger partial charge in [-0.3, -0.25) is 4.68 Å². The summed E-state index contributed by atoms with van der Waals surface area (Å²) in [6.45, 7) is 2.07. The van der Waals surface area contributed by atoms with E-state index in [0.717, 1.165) is 11.3 Å². The summed E-state index contributed by atoms with van der Waals surface area (Å²) in [7, 11) is -1.80. The predicted octanol–water partition coefficient (Wildman–Crippen LogP) is 0.789. The number of nitrogens with one attached hydrogen (secondary N) is 1. The van der Waals surface area contributed by atoms with Gasteiger partial charge in [0.2, 0.25) is 10.0 Å². The molecule has 102 valence electrons. The second kappa shape index (κ2) is 5.02. The molecule has 0 atom stereocenters. The van der Waals surface area contributed by atoms with Crippen LogP contribution in [0.2, 0.25) is 0 Å². The fourth-order valence-electron chi connectivity index (χ4n) is 1.69. The van der Waals surface area contributed by atoms with Crippen molar-refractivity contribution in [3.63, 3.8) is 0 Å². The van der Waals surface area contributed by atoms with Crippen molar-refractivity contribution in [1.29, 1.82) is 0 Å². The van der Waals surface area contributed by atoms with E-state index in [1.165, 1.54) is 6.07 Å². The maximum absolute atomic E-state index is 12.1. The number of para-hydroxylation sites is 1. The van der Waals surface area contributed by atoms with Crippen molar-refractivity contribution in [2.75, 3.05) is 5.73 Å². The third-order valence-corrected chi connectivity index (χ3v) is 4.47. The topological polar surface area (TPSA) is 90.0 Å². The van der Waals surface area contributed by atoms with Gasteiger partial charge in [0.15, 0.2) is 0 Å². The molecule has 1 aromatic carbocycles. The van der Waals surface area contributed by atoms with Crippen LogP contribution in [0.15, 0.2) is 35.4 Å². The summed E-state index contributed by atoms with van der Waals surface area (Å²) in [5, 5.41) is 4.06. The number of sulfonamides is 1. The lowest BCUT2D eigenvalue weighted by Gasteiger charge is -2.08. The summed E-state index contributed by atoms with van der Waals surface area (Å²) >= 11 is 0. The molecule has 3 N–H and O–H groups in total. The summed E-state index contributed by atoms with van der Waals surface area (Å²) in [5.74, 6) is 0. The molecule has 7 heteroatoms. The summed E-state index contributed by atoms with van der Waals surface area (Å²) in [5.41, 5.74) is 7.66. The quantitative estimate of drug-likeness (QED) is 0.810. The molecule has 0 amide bonds. The van der Waals surface area contributed by atoms with Crippen molar-refractivity contribution in [2.24, 2.45) is 7.05 Å². The summed E-state index contributed by atoms with van der Waals surface area (Å²) in [6.07, 6.45) is 1.65. The monoisotopic (exact) mass is 280 g/mol. The molecule has 0 bridgehead atoms. The molecule has 0 aliphatic rings. The second-order valence-corrected chi connectivity index (χ2v) is 5.98. The highest BCUT2D eigenvalue weighted by Crippen LogP contribution is 2.17. The first-order chi connectivity index (χ1) is 8.92. The van der Waals surface area contributed by atoms with Crippen LogP contribution in [0.4, 0.5) is 5.69 Å². The maximum Gasteiger partial charge on any atom is 0.242 e. The highest BCUT2D eigenvalue weighted by molar-refractivity contribution is 7.89. The van der Waals surface area contributed by atoms with Crippen LogP contribution in [-0.4, -0.2) is 18.2 Å². The van der Waals surface area contributed by atoms with E-state index in [9.17, 15) is 8.42 Å². The van der Waals surface area contributed by atoms with E-state index in [1.54, 1.807) is 29.1 Å². The van der Waals surface area contributed by atoms with E-state index in [4.69, 9.17) is 5.73 Å². The Bertz CT molecular complexity index is 692. The Morgan fingerprint density at radius 1 is 1.37 bits per heavy atom. The first kappa shape index (κ1) is 13.6. The molecule has 0 unspecified atom stereocenters. The van der Waals surface area contributed by atoms with Crippen LogP contribution >= 0.6 is 0 Å². The maximum atomic E-state index is 12.1. The Morgan fingerprint density at radius 3 is 2.63 bits per heavy atom. The highest BCUT2D eigenvalue weighted by Gasteiger charge is 2.17. The van der Waals surface area contributed by atoms with Crippen molar-refractivity contribution in [3.8, 4) is 0 Å². The standard InChI is InChI=1S/C12H16N4O2S/c1-9-10(7-14-16(9)2)8-15-19(17,18)12-6-4-3-5-11(12)13/h3-7,15H,8,13H2,1-2H3. The van der Waals surface area contributed by atoms with Gasteiger partial charge in [-0.15, -0.1) is 0 Å². The number of benzene rings is 1. The lowest BCUT2D eigenvalue weighted by molar-refractivity contribution is 0.581. The predicted molar refractivity (Wildman–Crippen MR) is 72.8 cm³/mol. The number of nitrogens with zero attached hydrogens (tertiary/aromatic N) is 2. The summed E-state index contributed by atoms with van der Waals surface area (Å²) < 4.78 is 28.5. The van der Waals surface area contributed by atoms with Crippen LogP contribution in [0.25, 0.3) is 0 Å². The molecular formula is C12H16N4O2S. The molecule has 1 heterocycles. The smallest absolute Gasteiger partial charge is 0.242 e. The molecule has 2 rings (SSSR count). The van der Waals surface area contributed by atoms with E-state index >= 15 is 0 Å². The van der Waals surface area contributed by atoms with Crippen molar-refractivity contribution in [2.45, 2.75) is 18.4 Å². The number of nitrogen functional groups attached to an aromatic ring is 1. The molecule has 0 aliphatic heterocycles. The van der Waals surface area contributed by atoms with Gasteiger partial charge in [0.05, 0.1) is 11.9 Å². The second-order valence-electron chi connectivity index (χ2n) is 4.24. The minimum absolute atomic E-state index is 0.0940. The van der Waals surface area contributed by atoms with Crippen LogP contribution in [0.1, 0.15) is 11.3 Å². The fourth-order valence-corrected chi connectivity index (χ4v) is 2.83. The average molecular weight is 280 g/mol. The number of aryl methyl sites for hydroxylation is 1. The zero-order valence-corrected chi connectivity index (χ0v) is 11.6. The van der Waals surface area contributed by atoms with Crippen LogP contribution in [0, 0.1) is 6.92 Å². The van der Waals surface area contributed by atoms with E-state index < -0.39 is 10.0 Å². The first-order valence-corrected chi connectivity index (χ1v) is 7.22. The Kier molecular flexibility index (Phi) is 3.59. The Hall–Kier alpha value is -1.86. The number of rotatable bonds is 4. The highest BCUT2D eigenvalue weighted by atomic mass is 32.2. The van der Waals surface area contributed by atoms with Gasteiger partial charge in [-0.25, -0.2) is 13.1 Å². The van der Waals surface area contributed by atoms with Crippen LogP contribution in [0.3, 0.4) is 0 Å². The van der Waals surface area contributed by atoms with Gasteiger partial charge in [0.25, 0.3) is 0 Å². The van der Waals surface area contributed by atoms with Crippen molar-refractivity contribution < 1.29 is 8.42 Å². The van der Waals surface area contributed by atoms with Crippen LogP contribution < -0.4 is 10.5 Å². The van der Waals surface area contributed by atoms with Gasteiger partial charge in [-0.05, 0) is 19.1 Å². The van der Waals surface area contributed by atoms with Gasteiger partial charge in [-0.1, -0.05) is 12.1 Å². The van der Waals surface area contributed by atoms with Crippen molar-refractivity contribution in [1.82, 2.24) is 14.5 Å². The van der Waals surface area contributed by atoms with Crippen LogP contribution in [0.5, 0.6) is 0 Å². The third kappa shape index (κ3) is 2.77. The largest absolute Gasteiger partial charge is 0.398 e. The lowest BCUT2D eigenvalue weighted by Crippen LogP contribution is -2.24. The normalized spacial score (nSPS) is 11.7. The Balaban J connectivity index is 2.19. The zero-order valence-electron chi connectivity index (χ0n) is 10.8. The minimum atomic E-state index is -3.61. The number of hydrogen-bond acceptors (Lipinski definition) is 4. The van der Waals surface area contributed by atoms with Gasteiger partial charge in [0.1, 0.15) is 4.90 Å². The molecule has 6 nitrogen and oxygen atoms in total. The van der Waals surface area contributed by atoms with E-state index in [-0.39, 0.29) is 17.1 Å². The van der Waals surface area contributed by atoms with Gasteiger partial charge < -0.3 is 5.73 Å². The van der Waals surface area contributed by atoms with Gasteiger partial charge >= 0.3 is 0 Å². The van der Waals surface area contributed by atoms with E-state index in [1.807, 2.05) is 14.0 Å². The summed E-state index contributed by atoms with van der Waals surface area (Å²) in [4.78, 5) is 0.0940. The molecule has 0 saturated carbocycles. The molecule has 1 aromatic heterocycles. The minimum Gasteiger partial charge on any atom is -0.398 e. The lowest BCUT2D eigenvalue weighted by atomic mass is 10.3. The molecule has 0 saturated heterocycles. The van der Waals surface area contributed by atoms with E-state index in [2.05, 4.69) is 9.82 Å². The molecule has 0 radical (unpaired) electrons. The fraction of sp³-hybridized carbons (Fsp3) is 0.250. The number of nitrogens with two attached hydrogens (primary N) is 1. The molecule has 0 aliphatic carbocycles. The van der Waals surface area contributed by atoms with Gasteiger partial charge in [-0.2, -0.15) is 5.10 Å². The van der Waals surface area contributed by atoms with Gasteiger partial charge in [0, 0.05) is 24.8 Å². The molecule has 19 heavy (non-hydrogen) atoms. The number of anilines is 1. The average Bonchev–Trinajstić information content (AvgIpc) is 2.68.